The summed E-state index contributed by atoms with van der Waals surface area (Å²) in [6.07, 6.45) is -4.36. The maximum atomic E-state index is 12.7. The molecule has 0 aliphatic heterocycles. The number of hydrogen-bond acceptors (Lipinski definition) is 6. The molecule has 0 heterocycles. The maximum absolute atomic E-state index is 12.7. The summed E-state index contributed by atoms with van der Waals surface area (Å²) in [5.74, 6) is -3.34. The highest BCUT2D eigenvalue weighted by Crippen LogP contribution is 2.07. The Labute approximate surface area is 160 Å². The molecule has 0 spiro atoms. The molecule has 8 nitrogen and oxygen atoms in total. The quantitative estimate of drug-likeness (QED) is 0.236. The van der Waals surface area contributed by atoms with Gasteiger partial charge < -0.3 is 20.3 Å². The molecule has 1 amide bonds. The van der Waals surface area contributed by atoms with Gasteiger partial charge in [-0.05, 0) is 38.6 Å². The van der Waals surface area contributed by atoms with Gasteiger partial charge in [-0.2, -0.15) is 16.6 Å². The fraction of sp³-hybridized carbons (Fsp3) is 0.733. The number of ether oxygens (including phenoxy) is 2. The Balaban J connectivity index is 5.97. The van der Waals surface area contributed by atoms with Crippen LogP contribution in [0.5, 0.6) is 0 Å². The molecule has 0 rings (SSSR count). The van der Waals surface area contributed by atoms with Crippen molar-refractivity contribution in [3.8, 4) is 0 Å². The molecule has 0 aromatic heterocycles. The van der Waals surface area contributed by atoms with Crippen LogP contribution in [0.2, 0.25) is 0 Å². The number of ketones is 1. The Hall–Kier alpha value is -1.70. The van der Waals surface area contributed by atoms with E-state index in [4.69, 9.17) is 24.0 Å². The molecule has 0 bridgehead atoms. The van der Waals surface area contributed by atoms with E-state index in [1.807, 2.05) is 0 Å². The van der Waals surface area contributed by atoms with Crippen LogP contribution < -0.4 is 5.32 Å². The molecular weight excluding hydrogens is 334 g/mol. The normalized spacial score (nSPS) is 21.0. The van der Waals surface area contributed by atoms with Gasteiger partial charge in [0.25, 0.3) is 0 Å². The van der Waals surface area contributed by atoms with Crippen LogP contribution in [0.25, 0.3) is 5.53 Å². The summed E-state index contributed by atoms with van der Waals surface area (Å²) in [6, 6.07) is -1.87. The van der Waals surface area contributed by atoms with Crippen LogP contribution in [0.4, 0.5) is 0 Å². The molecule has 136 valence electrons. The van der Waals surface area contributed by atoms with E-state index < -0.39 is 69.5 Å². The van der Waals surface area contributed by atoms with Crippen molar-refractivity contribution in [2.75, 3.05) is 19.0 Å². The van der Waals surface area contributed by atoms with Gasteiger partial charge in [-0.3, -0.25) is 9.59 Å². The lowest BCUT2D eigenvalue weighted by molar-refractivity contribution is -0.152. The number of thioether (sulfide) groups is 1. The fourth-order valence-corrected chi connectivity index (χ4v) is 2.02. The summed E-state index contributed by atoms with van der Waals surface area (Å²) >= 11 is 1.26. The minimum absolute atomic E-state index is 0.101. The van der Waals surface area contributed by atoms with E-state index in [9.17, 15) is 14.4 Å². The van der Waals surface area contributed by atoms with Gasteiger partial charge in [-0.15, -0.1) is 0 Å². The maximum Gasteiger partial charge on any atom is 0.328 e. The molecule has 0 aromatic carbocycles. The van der Waals surface area contributed by atoms with Crippen molar-refractivity contribution in [2.45, 2.75) is 51.2 Å². The smallest absolute Gasteiger partial charge is 0.328 e. The molecule has 0 saturated heterocycles. The molecule has 24 heavy (non-hydrogen) atoms. The summed E-state index contributed by atoms with van der Waals surface area (Å²) in [6.45, 7) is -7.24. The minimum atomic E-state index is -3.70. The van der Waals surface area contributed by atoms with E-state index in [0.717, 1.165) is 0 Å². The van der Waals surface area contributed by atoms with Gasteiger partial charge in [0.1, 0.15) is 12.1 Å². The number of nitrogens with one attached hydrogen (secondary N) is 1. The minimum Gasteiger partial charge on any atom is -0.461 e. The molecule has 0 aliphatic carbocycles. The number of methoxy groups -OCH3 is 1. The molecule has 0 saturated carbocycles. The van der Waals surface area contributed by atoms with Crippen LogP contribution in [0.1, 0.15) is 46.7 Å². The third kappa shape index (κ3) is 9.44. The van der Waals surface area contributed by atoms with Crippen LogP contribution >= 0.6 is 11.8 Å². The van der Waals surface area contributed by atoms with Gasteiger partial charge in [0.05, 0.1) is 11.6 Å². The first kappa shape index (κ1) is 10.3. The first-order chi connectivity index (χ1) is 15.3. The second kappa shape index (κ2) is 12.7. The largest absolute Gasteiger partial charge is 0.461 e. The van der Waals surface area contributed by atoms with Crippen molar-refractivity contribution in [3.05, 3.63) is 5.53 Å². The van der Waals surface area contributed by atoms with Gasteiger partial charge >= 0.3 is 12.2 Å². The SMILES string of the molecule is [2H]C([2H])([2H])O[C@@H](CCSC)C(=O)N[C@@H](CCC(=O)C=[N+]=[N-])C(=O)OC([2H])(C([2H])([2H])[2H])C([2H])([2H])[2H]. The van der Waals surface area contributed by atoms with Crippen molar-refractivity contribution in [2.24, 2.45) is 0 Å². The second-order valence-electron chi connectivity index (χ2n) is 4.45. The molecular formula is C15H25N3O5S. The Bertz CT molecular complexity index is 766. The van der Waals surface area contributed by atoms with E-state index in [0.29, 0.717) is 6.21 Å². The predicted molar refractivity (Wildman–Crippen MR) is 90.9 cm³/mol. The zero-order valence-electron chi connectivity index (χ0n) is 22.9. The lowest BCUT2D eigenvalue weighted by atomic mass is 10.1. The highest BCUT2D eigenvalue weighted by Gasteiger charge is 2.27. The zero-order chi connectivity index (χ0) is 27.0. The molecule has 0 fully saturated rings. The van der Waals surface area contributed by atoms with Crippen LogP contribution in [-0.4, -0.2) is 65.9 Å². The number of nitrogens with zero attached hydrogens (tertiary/aromatic N) is 2. The van der Waals surface area contributed by atoms with Crippen molar-refractivity contribution in [1.29, 1.82) is 0 Å². The van der Waals surface area contributed by atoms with Crippen LogP contribution in [0.15, 0.2) is 0 Å². The fourth-order valence-electron chi connectivity index (χ4n) is 1.57. The van der Waals surface area contributed by atoms with Gasteiger partial charge in [-0.25, -0.2) is 4.79 Å². The van der Waals surface area contributed by atoms with Crippen LogP contribution in [0, 0.1) is 0 Å². The topological polar surface area (TPSA) is 118 Å². The van der Waals surface area contributed by atoms with E-state index >= 15 is 0 Å². The van der Waals surface area contributed by atoms with E-state index in [1.165, 1.54) is 11.8 Å². The highest BCUT2D eigenvalue weighted by atomic mass is 32.2. The number of amides is 1. The van der Waals surface area contributed by atoms with E-state index in [2.05, 4.69) is 14.8 Å². The Morgan fingerprint density at radius 3 is 2.75 bits per heavy atom. The number of carbonyl (C=O) groups is 3. The van der Waals surface area contributed by atoms with Gasteiger partial charge in [0.15, 0.2) is 0 Å². The summed E-state index contributed by atoms with van der Waals surface area (Å²) in [7, 11) is -2.98. The molecule has 0 aliphatic rings. The van der Waals surface area contributed by atoms with Gasteiger partial charge in [0, 0.05) is 21.7 Å². The van der Waals surface area contributed by atoms with Crippen molar-refractivity contribution >= 4 is 35.6 Å². The standard InChI is InChI=1S/C15H25N3O5S/c1-10(2)23-15(21)12(6-5-11(19)9-17-16)18-14(20)13(22-3)7-8-24-4/h9-10,12-13H,5-8H2,1-4H3,(H,18,20)/t12-,13-/m0/s1/i1D3,2D3,3D3,10D. The second-order valence-corrected chi connectivity index (χ2v) is 5.43. The highest BCUT2D eigenvalue weighted by molar-refractivity contribution is 7.98. The summed E-state index contributed by atoms with van der Waals surface area (Å²) in [5.41, 5.74) is 8.42. The monoisotopic (exact) mass is 369 g/mol. The Kier molecular flexibility index (Phi) is 5.46. The molecule has 2 atom stereocenters. The number of Topliss-reactive ketones (excluding diaryl/α,β-unsaturated/α-hetero) is 1. The molecule has 9 heteroatoms. The molecule has 1 N–H and O–H groups in total. The third-order valence-corrected chi connectivity index (χ3v) is 3.35. The van der Waals surface area contributed by atoms with Crippen molar-refractivity contribution in [3.63, 3.8) is 0 Å². The number of rotatable bonds is 12. The van der Waals surface area contributed by atoms with E-state index in [-0.39, 0.29) is 12.2 Å². The third-order valence-electron chi connectivity index (χ3n) is 2.70. The lowest BCUT2D eigenvalue weighted by Gasteiger charge is -2.21. The zero-order valence-corrected chi connectivity index (χ0v) is 13.7. The summed E-state index contributed by atoms with van der Waals surface area (Å²) in [4.78, 5) is 39.5. The molecule has 0 aromatic rings. The Morgan fingerprint density at radius 1 is 1.42 bits per heavy atom. The number of hydrogen-bond donors (Lipinski definition) is 1. The lowest BCUT2D eigenvalue weighted by Crippen LogP contribution is -2.47. The Morgan fingerprint density at radius 2 is 2.17 bits per heavy atom. The average Bonchev–Trinajstić information content (AvgIpc) is 2.65. The number of esters is 1. The van der Waals surface area contributed by atoms with Crippen LogP contribution in [-0.2, 0) is 23.9 Å². The first-order valence-corrected chi connectivity index (χ1v) is 8.08. The number of carbonyl (C=O) groups excluding carboxylic acids is 3. The summed E-state index contributed by atoms with van der Waals surface area (Å²) in [5, 5.41) is 2.06. The summed E-state index contributed by atoms with van der Waals surface area (Å²) < 4.78 is 82.6. The molecule has 0 unspecified atom stereocenters. The molecule has 0 radical (unpaired) electrons. The van der Waals surface area contributed by atoms with Crippen LogP contribution in [0.3, 0.4) is 0 Å². The van der Waals surface area contributed by atoms with E-state index in [1.54, 1.807) is 6.26 Å². The average molecular weight is 370 g/mol. The van der Waals surface area contributed by atoms with Gasteiger partial charge in [-0.1, -0.05) is 0 Å². The van der Waals surface area contributed by atoms with Crippen molar-refractivity contribution in [1.82, 2.24) is 5.32 Å². The predicted octanol–water partition coefficient (Wildman–Crippen LogP) is 0.841. The first-order valence-electron chi connectivity index (χ1n) is 11.7. The van der Waals surface area contributed by atoms with Crippen molar-refractivity contribution < 1.29 is 42.4 Å². The van der Waals surface area contributed by atoms with Gasteiger partial charge in [0.2, 0.25) is 11.7 Å².